The average molecular weight is 498 g/mol. The average Bonchev–Trinajstić information content (AvgIpc) is 2.84. The number of carbonyl (C=O) groups excluding carboxylic acids is 1. The molecule has 0 spiro atoms. The molecule has 174 valence electrons. The van der Waals surface area contributed by atoms with Gasteiger partial charge < -0.3 is 9.64 Å². The number of esters is 1. The van der Waals surface area contributed by atoms with Gasteiger partial charge in [0.1, 0.15) is 17.4 Å². The van der Waals surface area contributed by atoms with Crippen molar-refractivity contribution in [2.24, 2.45) is 0 Å². The second kappa shape index (κ2) is 10.9. The molecule has 0 unspecified atom stereocenters. The van der Waals surface area contributed by atoms with Gasteiger partial charge in [0.2, 0.25) is 0 Å². The number of nitrogens with zero attached hydrogens (tertiary/aromatic N) is 3. The molecule has 0 bridgehead atoms. The summed E-state index contributed by atoms with van der Waals surface area (Å²) in [4.78, 5) is 23.8. The molecule has 0 aliphatic carbocycles. The summed E-state index contributed by atoms with van der Waals surface area (Å²) in [5.74, 6) is 1.72. The summed E-state index contributed by atoms with van der Waals surface area (Å²) in [5.41, 5.74) is 1.81. The Morgan fingerprint density at radius 1 is 1.06 bits per heavy atom. The SMILES string of the molecule is C#CCc1ccc(COC(=O)c2nc(-c3ccc(Cl)cc3F)nc(N3CCCCC3)c2Cl)cc1. The summed E-state index contributed by atoms with van der Waals surface area (Å²) < 4.78 is 20.2. The van der Waals surface area contributed by atoms with E-state index in [0.717, 1.165) is 43.5 Å². The van der Waals surface area contributed by atoms with Gasteiger partial charge in [-0.3, -0.25) is 0 Å². The molecular weight excluding hydrogens is 476 g/mol. The molecule has 8 heteroatoms. The summed E-state index contributed by atoms with van der Waals surface area (Å²) in [6, 6.07) is 11.7. The van der Waals surface area contributed by atoms with Crippen molar-refractivity contribution in [3.8, 4) is 23.7 Å². The highest BCUT2D eigenvalue weighted by molar-refractivity contribution is 6.35. The van der Waals surface area contributed by atoms with E-state index in [1.165, 1.54) is 12.1 Å². The Bertz CT molecular complexity index is 1240. The largest absolute Gasteiger partial charge is 0.456 e. The number of terminal acetylenes is 1. The molecular formula is C26H22Cl2FN3O2. The molecule has 1 aliphatic heterocycles. The molecule has 0 atom stereocenters. The quantitative estimate of drug-likeness (QED) is 0.303. The zero-order valence-corrected chi connectivity index (χ0v) is 19.9. The lowest BCUT2D eigenvalue weighted by Crippen LogP contribution is -2.31. The number of rotatable bonds is 6. The lowest BCUT2D eigenvalue weighted by molar-refractivity contribution is 0.0466. The van der Waals surface area contributed by atoms with Crippen molar-refractivity contribution in [3.05, 3.63) is 75.1 Å². The van der Waals surface area contributed by atoms with Gasteiger partial charge in [-0.05, 0) is 48.6 Å². The number of hydrogen-bond donors (Lipinski definition) is 0. The fraction of sp³-hybridized carbons (Fsp3) is 0.269. The van der Waals surface area contributed by atoms with Crippen LogP contribution in [0.5, 0.6) is 0 Å². The number of anilines is 1. The number of hydrogen-bond acceptors (Lipinski definition) is 5. The van der Waals surface area contributed by atoms with Gasteiger partial charge in [-0.25, -0.2) is 19.2 Å². The summed E-state index contributed by atoms with van der Waals surface area (Å²) in [5, 5.41) is 0.341. The third kappa shape index (κ3) is 5.49. The molecule has 1 aliphatic rings. The van der Waals surface area contributed by atoms with Gasteiger partial charge >= 0.3 is 5.97 Å². The van der Waals surface area contributed by atoms with Gasteiger partial charge in [-0.15, -0.1) is 12.3 Å². The molecule has 0 saturated carbocycles. The number of halogens is 3. The lowest BCUT2D eigenvalue weighted by Gasteiger charge is -2.29. The number of ether oxygens (including phenoxy) is 1. The predicted molar refractivity (Wildman–Crippen MR) is 132 cm³/mol. The fourth-order valence-electron chi connectivity index (χ4n) is 3.77. The minimum absolute atomic E-state index is 0.0270. The monoisotopic (exact) mass is 497 g/mol. The van der Waals surface area contributed by atoms with E-state index in [-0.39, 0.29) is 33.7 Å². The van der Waals surface area contributed by atoms with Crippen LogP contribution in [-0.2, 0) is 17.8 Å². The fourth-order valence-corrected chi connectivity index (χ4v) is 4.21. The van der Waals surface area contributed by atoms with Crippen molar-refractivity contribution < 1.29 is 13.9 Å². The summed E-state index contributed by atoms with van der Waals surface area (Å²) in [6.07, 6.45) is 8.91. The Morgan fingerprint density at radius 3 is 2.44 bits per heavy atom. The van der Waals surface area contributed by atoms with E-state index < -0.39 is 11.8 Å². The van der Waals surface area contributed by atoms with Crippen molar-refractivity contribution >= 4 is 35.0 Å². The van der Waals surface area contributed by atoms with E-state index in [1.54, 1.807) is 6.07 Å². The molecule has 0 radical (unpaired) electrons. The summed E-state index contributed by atoms with van der Waals surface area (Å²) in [7, 11) is 0. The molecule has 0 N–H and O–H groups in total. The van der Waals surface area contributed by atoms with Crippen molar-refractivity contribution in [1.29, 1.82) is 0 Å². The number of piperidine rings is 1. The first-order valence-corrected chi connectivity index (χ1v) is 11.7. The first-order chi connectivity index (χ1) is 16.5. The third-order valence-electron chi connectivity index (χ3n) is 5.55. The van der Waals surface area contributed by atoms with Crippen molar-refractivity contribution in [2.75, 3.05) is 18.0 Å². The van der Waals surface area contributed by atoms with Gasteiger partial charge in [0.05, 0.1) is 5.56 Å². The Kier molecular flexibility index (Phi) is 7.66. The molecule has 4 rings (SSSR count). The van der Waals surface area contributed by atoms with Gasteiger partial charge in [0, 0.05) is 24.5 Å². The van der Waals surface area contributed by atoms with Crippen LogP contribution in [0.2, 0.25) is 10.0 Å². The topological polar surface area (TPSA) is 55.3 Å². The van der Waals surface area contributed by atoms with Crippen LogP contribution < -0.4 is 4.90 Å². The van der Waals surface area contributed by atoms with E-state index in [2.05, 4.69) is 15.9 Å². The van der Waals surface area contributed by atoms with Crippen molar-refractivity contribution in [1.82, 2.24) is 9.97 Å². The standard InChI is InChI=1S/C26H22Cl2FN3O2/c1-2-6-17-7-9-18(10-8-17)16-34-26(33)23-22(28)25(32-13-4-3-5-14-32)31-24(30-23)20-12-11-19(27)15-21(20)29/h1,7-12,15H,3-6,13-14,16H2. The molecule has 2 aromatic carbocycles. The first-order valence-electron chi connectivity index (χ1n) is 10.9. The Labute approximate surface area is 207 Å². The maximum absolute atomic E-state index is 14.7. The number of aromatic nitrogens is 2. The van der Waals surface area contributed by atoms with Crippen LogP contribution in [0.4, 0.5) is 10.2 Å². The van der Waals surface area contributed by atoms with Crippen LogP contribution >= 0.6 is 23.2 Å². The molecule has 5 nitrogen and oxygen atoms in total. The molecule has 1 aromatic heterocycles. The number of benzene rings is 2. The van der Waals surface area contributed by atoms with Crippen molar-refractivity contribution in [2.45, 2.75) is 32.3 Å². The third-order valence-corrected chi connectivity index (χ3v) is 6.14. The first kappa shape index (κ1) is 24.0. The molecule has 3 aromatic rings. The molecule has 1 fully saturated rings. The smallest absolute Gasteiger partial charge is 0.359 e. The highest BCUT2D eigenvalue weighted by atomic mass is 35.5. The normalized spacial score (nSPS) is 13.4. The highest BCUT2D eigenvalue weighted by Gasteiger charge is 2.26. The van der Waals surface area contributed by atoms with Gasteiger partial charge in [0.15, 0.2) is 17.3 Å². The minimum atomic E-state index is -0.714. The number of carbonyl (C=O) groups is 1. The minimum Gasteiger partial charge on any atom is -0.456 e. The Morgan fingerprint density at radius 2 is 1.76 bits per heavy atom. The van der Waals surface area contributed by atoms with Crippen molar-refractivity contribution in [3.63, 3.8) is 0 Å². The maximum atomic E-state index is 14.7. The molecule has 2 heterocycles. The zero-order valence-electron chi connectivity index (χ0n) is 18.4. The molecule has 0 amide bonds. The van der Waals surface area contributed by atoms with E-state index in [0.29, 0.717) is 12.2 Å². The second-order valence-corrected chi connectivity index (χ2v) is 8.79. The Balaban J connectivity index is 1.65. The van der Waals surface area contributed by atoms with E-state index in [9.17, 15) is 9.18 Å². The van der Waals surface area contributed by atoms with Crippen LogP contribution in [-0.4, -0.2) is 29.0 Å². The second-order valence-electron chi connectivity index (χ2n) is 7.98. The lowest BCUT2D eigenvalue weighted by atomic mass is 10.1. The van der Waals surface area contributed by atoms with Crippen LogP contribution in [0.3, 0.4) is 0 Å². The van der Waals surface area contributed by atoms with E-state index >= 15 is 0 Å². The van der Waals surface area contributed by atoms with Gasteiger partial charge in [-0.1, -0.05) is 47.5 Å². The zero-order chi connectivity index (χ0) is 24.1. The molecule has 1 saturated heterocycles. The maximum Gasteiger partial charge on any atom is 0.359 e. The van der Waals surface area contributed by atoms with E-state index in [1.807, 2.05) is 29.2 Å². The summed E-state index contributed by atoms with van der Waals surface area (Å²) in [6.45, 7) is 1.49. The van der Waals surface area contributed by atoms with Crippen LogP contribution in [0, 0.1) is 18.2 Å². The van der Waals surface area contributed by atoms with Gasteiger partial charge in [-0.2, -0.15) is 0 Å². The van der Waals surface area contributed by atoms with Gasteiger partial charge in [0.25, 0.3) is 0 Å². The molecule has 34 heavy (non-hydrogen) atoms. The highest BCUT2D eigenvalue weighted by Crippen LogP contribution is 2.33. The Hall–Kier alpha value is -3.14. The predicted octanol–water partition coefficient (Wildman–Crippen LogP) is 6.11. The van der Waals surface area contributed by atoms with Crippen LogP contribution in [0.1, 0.15) is 40.9 Å². The van der Waals surface area contributed by atoms with E-state index in [4.69, 9.17) is 34.4 Å². The summed E-state index contributed by atoms with van der Waals surface area (Å²) >= 11 is 12.5. The van der Waals surface area contributed by atoms with Crippen LogP contribution in [0.15, 0.2) is 42.5 Å². The van der Waals surface area contributed by atoms with Crippen LogP contribution in [0.25, 0.3) is 11.4 Å².